The minimum Gasteiger partial charge on any atom is -0.359 e. The van der Waals surface area contributed by atoms with Crippen LogP contribution in [-0.2, 0) is 6.54 Å². The summed E-state index contributed by atoms with van der Waals surface area (Å²) in [5.41, 5.74) is 0.427. The highest BCUT2D eigenvalue weighted by atomic mass is 16.1. The molecule has 0 aliphatic carbocycles. The van der Waals surface area contributed by atoms with E-state index >= 15 is 0 Å². The first kappa shape index (κ1) is 9.64. The van der Waals surface area contributed by atoms with Gasteiger partial charge in [-0.15, -0.1) is 0 Å². The van der Waals surface area contributed by atoms with Crippen molar-refractivity contribution >= 4 is 17.0 Å². The summed E-state index contributed by atoms with van der Waals surface area (Å²) in [6.07, 6.45) is 1.67. The predicted octanol–water partition coefficient (Wildman–Crippen LogP) is 0.853. The quantitative estimate of drug-likeness (QED) is 0.788. The van der Waals surface area contributed by atoms with Crippen LogP contribution in [0.4, 0.5) is 5.95 Å². The van der Waals surface area contributed by atoms with Crippen molar-refractivity contribution in [3.8, 4) is 0 Å². The van der Waals surface area contributed by atoms with Gasteiger partial charge in [0.2, 0.25) is 5.95 Å². The normalized spacial score (nSPS) is 10.5. The van der Waals surface area contributed by atoms with Crippen LogP contribution in [0.1, 0.15) is 6.92 Å². The molecular formula is C10H12N4O. The van der Waals surface area contributed by atoms with Crippen molar-refractivity contribution in [2.24, 2.45) is 0 Å². The molecule has 0 spiro atoms. The largest absolute Gasteiger partial charge is 0.359 e. The fourth-order valence-electron chi connectivity index (χ4n) is 1.59. The standard InChI is InChI=1S/C10H12N4O/c1-3-14-8-7(5-4-6-12-8)9(15)13-10(14)11-2/h4-6H,3H2,1-2H3,(H,11,13,15). The molecule has 0 fully saturated rings. The van der Waals surface area contributed by atoms with Crippen LogP contribution in [0.3, 0.4) is 0 Å². The Kier molecular flexibility index (Phi) is 2.37. The summed E-state index contributed by atoms with van der Waals surface area (Å²) >= 11 is 0. The Morgan fingerprint density at radius 1 is 1.53 bits per heavy atom. The van der Waals surface area contributed by atoms with Gasteiger partial charge in [0.15, 0.2) is 0 Å². The molecule has 78 valence electrons. The van der Waals surface area contributed by atoms with Gasteiger partial charge in [0.25, 0.3) is 5.56 Å². The SMILES string of the molecule is CCn1c(NC)nc(=O)c2cccnc21. The van der Waals surface area contributed by atoms with Gasteiger partial charge in [-0.3, -0.25) is 9.36 Å². The Hall–Kier alpha value is -1.91. The Morgan fingerprint density at radius 2 is 2.33 bits per heavy atom. The molecule has 5 nitrogen and oxygen atoms in total. The monoisotopic (exact) mass is 204 g/mol. The number of hydrogen-bond acceptors (Lipinski definition) is 4. The fourth-order valence-corrected chi connectivity index (χ4v) is 1.59. The molecular weight excluding hydrogens is 192 g/mol. The van der Waals surface area contributed by atoms with Crippen LogP contribution in [0.2, 0.25) is 0 Å². The minimum atomic E-state index is -0.243. The molecule has 0 radical (unpaired) electrons. The third-order valence-corrected chi connectivity index (χ3v) is 2.28. The number of nitrogens with one attached hydrogen (secondary N) is 1. The van der Waals surface area contributed by atoms with Gasteiger partial charge in [0.05, 0.1) is 5.39 Å². The van der Waals surface area contributed by atoms with E-state index in [0.29, 0.717) is 17.0 Å². The van der Waals surface area contributed by atoms with Gasteiger partial charge in [-0.25, -0.2) is 4.98 Å². The highest BCUT2D eigenvalue weighted by molar-refractivity contribution is 5.75. The van der Waals surface area contributed by atoms with Crippen LogP contribution >= 0.6 is 0 Å². The number of rotatable bonds is 2. The molecule has 1 N–H and O–H groups in total. The van der Waals surface area contributed by atoms with Gasteiger partial charge in [-0.1, -0.05) is 0 Å². The zero-order valence-electron chi connectivity index (χ0n) is 8.69. The number of fused-ring (bicyclic) bond motifs is 1. The van der Waals surface area contributed by atoms with E-state index < -0.39 is 0 Å². The number of aryl methyl sites for hydroxylation is 1. The lowest BCUT2D eigenvalue weighted by atomic mass is 10.3. The van der Waals surface area contributed by atoms with E-state index in [4.69, 9.17) is 0 Å². The Balaban J connectivity index is 2.92. The van der Waals surface area contributed by atoms with E-state index in [9.17, 15) is 4.79 Å². The first-order valence-electron chi connectivity index (χ1n) is 4.81. The summed E-state index contributed by atoms with van der Waals surface area (Å²) in [5, 5.41) is 3.45. The van der Waals surface area contributed by atoms with E-state index in [0.717, 1.165) is 6.54 Å². The molecule has 15 heavy (non-hydrogen) atoms. The number of hydrogen-bond donors (Lipinski definition) is 1. The number of nitrogens with zero attached hydrogens (tertiary/aromatic N) is 3. The van der Waals surface area contributed by atoms with E-state index in [2.05, 4.69) is 15.3 Å². The van der Waals surface area contributed by atoms with Crippen molar-refractivity contribution in [2.75, 3.05) is 12.4 Å². The second kappa shape index (κ2) is 3.68. The molecule has 0 atom stereocenters. The molecule has 5 heteroatoms. The van der Waals surface area contributed by atoms with E-state index in [-0.39, 0.29) is 5.56 Å². The second-order valence-electron chi connectivity index (χ2n) is 3.11. The lowest BCUT2D eigenvalue weighted by Gasteiger charge is -2.11. The Labute approximate surface area is 86.8 Å². The van der Waals surface area contributed by atoms with Crippen LogP contribution < -0.4 is 10.9 Å². The van der Waals surface area contributed by atoms with Crippen LogP contribution in [0, 0.1) is 0 Å². The Morgan fingerprint density at radius 3 is 3.00 bits per heavy atom. The number of aromatic nitrogens is 3. The maximum absolute atomic E-state index is 11.6. The molecule has 0 unspecified atom stereocenters. The Bertz CT molecular complexity index is 547. The summed E-state index contributed by atoms with van der Waals surface area (Å²) in [4.78, 5) is 19.8. The topological polar surface area (TPSA) is 59.8 Å². The van der Waals surface area contributed by atoms with Crippen molar-refractivity contribution in [1.82, 2.24) is 14.5 Å². The minimum absolute atomic E-state index is 0.243. The molecule has 0 bridgehead atoms. The molecule has 0 amide bonds. The summed E-state index contributed by atoms with van der Waals surface area (Å²) in [7, 11) is 1.74. The van der Waals surface area contributed by atoms with Crippen LogP contribution in [-0.4, -0.2) is 21.6 Å². The lowest BCUT2D eigenvalue weighted by molar-refractivity contribution is 0.764. The first-order valence-corrected chi connectivity index (χ1v) is 4.81. The van der Waals surface area contributed by atoms with Gasteiger partial charge in [-0.05, 0) is 19.1 Å². The van der Waals surface area contributed by atoms with Crippen LogP contribution in [0.5, 0.6) is 0 Å². The molecule has 2 aromatic heterocycles. The molecule has 2 heterocycles. The average molecular weight is 204 g/mol. The molecule has 0 aliphatic heterocycles. The third kappa shape index (κ3) is 1.45. The smallest absolute Gasteiger partial charge is 0.283 e. The second-order valence-corrected chi connectivity index (χ2v) is 3.11. The summed E-state index contributed by atoms with van der Waals surface area (Å²) < 4.78 is 1.87. The summed E-state index contributed by atoms with van der Waals surface area (Å²) in [5.74, 6) is 0.550. The summed E-state index contributed by atoms with van der Waals surface area (Å²) in [6, 6.07) is 3.48. The van der Waals surface area contributed by atoms with Crippen molar-refractivity contribution in [2.45, 2.75) is 13.5 Å². The van der Waals surface area contributed by atoms with Gasteiger partial charge < -0.3 is 5.32 Å². The molecule has 0 saturated carbocycles. The first-order chi connectivity index (χ1) is 7.27. The van der Waals surface area contributed by atoms with Crippen molar-refractivity contribution < 1.29 is 0 Å². The zero-order valence-corrected chi connectivity index (χ0v) is 8.69. The molecule has 2 rings (SSSR count). The van der Waals surface area contributed by atoms with E-state index in [1.165, 1.54) is 0 Å². The van der Waals surface area contributed by atoms with E-state index in [1.807, 2.05) is 11.5 Å². The molecule has 0 saturated heterocycles. The van der Waals surface area contributed by atoms with Crippen LogP contribution in [0.15, 0.2) is 23.1 Å². The predicted molar refractivity (Wildman–Crippen MR) is 59.0 cm³/mol. The fraction of sp³-hybridized carbons (Fsp3) is 0.300. The maximum atomic E-state index is 11.6. The molecule has 2 aromatic rings. The number of pyridine rings is 1. The molecule has 0 aliphatic rings. The van der Waals surface area contributed by atoms with Crippen molar-refractivity contribution in [3.05, 3.63) is 28.7 Å². The van der Waals surface area contributed by atoms with Gasteiger partial charge >= 0.3 is 0 Å². The average Bonchev–Trinajstić information content (AvgIpc) is 2.29. The van der Waals surface area contributed by atoms with Gasteiger partial charge in [-0.2, -0.15) is 4.98 Å². The van der Waals surface area contributed by atoms with Crippen LogP contribution in [0.25, 0.3) is 11.0 Å². The third-order valence-electron chi connectivity index (χ3n) is 2.28. The highest BCUT2D eigenvalue weighted by Crippen LogP contribution is 2.10. The molecule has 0 aromatic carbocycles. The van der Waals surface area contributed by atoms with Crippen molar-refractivity contribution in [3.63, 3.8) is 0 Å². The maximum Gasteiger partial charge on any atom is 0.283 e. The van der Waals surface area contributed by atoms with E-state index in [1.54, 1.807) is 25.4 Å². The van der Waals surface area contributed by atoms with Crippen molar-refractivity contribution in [1.29, 1.82) is 0 Å². The lowest BCUT2D eigenvalue weighted by Crippen LogP contribution is -2.18. The van der Waals surface area contributed by atoms with Gasteiger partial charge in [0.1, 0.15) is 5.65 Å². The summed E-state index contributed by atoms with van der Waals surface area (Å²) in [6.45, 7) is 2.71. The highest BCUT2D eigenvalue weighted by Gasteiger charge is 2.08. The van der Waals surface area contributed by atoms with Gasteiger partial charge in [0, 0.05) is 19.8 Å². The zero-order chi connectivity index (χ0) is 10.8. The number of anilines is 1.